The molecule has 0 spiro atoms. The Hall–Kier alpha value is -2.41. The Bertz CT molecular complexity index is 672. The number of rotatable bonds is 5. The highest BCUT2D eigenvalue weighted by molar-refractivity contribution is 5.96. The molecule has 0 radical (unpaired) electrons. The van der Waals surface area contributed by atoms with Gasteiger partial charge in [-0.3, -0.25) is 9.89 Å². The minimum absolute atomic E-state index is 0.0139. The number of nitrogens with zero attached hydrogens (tertiary/aromatic N) is 2. The lowest BCUT2D eigenvalue weighted by Crippen LogP contribution is -2.32. The fourth-order valence-corrected chi connectivity index (χ4v) is 2.81. The van der Waals surface area contributed by atoms with Gasteiger partial charge < -0.3 is 14.8 Å². The van der Waals surface area contributed by atoms with Gasteiger partial charge in [-0.2, -0.15) is 5.10 Å². The van der Waals surface area contributed by atoms with Crippen molar-refractivity contribution in [1.82, 2.24) is 20.5 Å². The predicted octanol–water partition coefficient (Wildman–Crippen LogP) is 1.77. The number of aromatic nitrogens is 3. The summed E-state index contributed by atoms with van der Waals surface area (Å²) in [5.41, 5.74) is 1.45. The highest BCUT2D eigenvalue weighted by atomic mass is 16.5. The van der Waals surface area contributed by atoms with Gasteiger partial charge in [0.15, 0.2) is 5.82 Å². The van der Waals surface area contributed by atoms with Crippen LogP contribution in [0.2, 0.25) is 0 Å². The van der Waals surface area contributed by atoms with Gasteiger partial charge in [0.1, 0.15) is 18.2 Å². The molecule has 3 rings (SSSR count). The number of H-pyrrole nitrogens is 1. The molecule has 7 nitrogen and oxygen atoms in total. The van der Waals surface area contributed by atoms with Crippen LogP contribution in [-0.4, -0.2) is 40.8 Å². The molecule has 7 heteroatoms. The number of ether oxygens (including phenoxy) is 2. The van der Waals surface area contributed by atoms with Crippen molar-refractivity contribution >= 4 is 5.91 Å². The van der Waals surface area contributed by atoms with Crippen molar-refractivity contribution in [2.75, 3.05) is 13.7 Å². The van der Waals surface area contributed by atoms with Crippen molar-refractivity contribution in [2.45, 2.75) is 32.0 Å². The van der Waals surface area contributed by atoms with E-state index in [9.17, 15) is 4.79 Å². The largest absolute Gasteiger partial charge is 0.496 e. The van der Waals surface area contributed by atoms with Crippen molar-refractivity contribution in [1.29, 1.82) is 0 Å². The maximum absolute atomic E-state index is 12.3. The normalized spacial score (nSPS) is 20.4. The number of aromatic amines is 1. The van der Waals surface area contributed by atoms with Crippen LogP contribution < -0.4 is 10.1 Å². The number of hydrogen-bond donors (Lipinski definition) is 2. The van der Waals surface area contributed by atoms with E-state index in [0.29, 0.717) is 17.9 Å². The maximum Gasteiger partial charge on any atom is 0.251 e. The van der Waals surface area contributed by atoms with E-state index in [-0.39, 0.29) is 18.1 Å². The third kappa shape index (κ3) is 3.34. The lowest BCUT2D eigenvalue weighted by molar-refractivity contribution is 0.0392. The summed E-state index contributed by atoms with van der Waals surface area (Å²) < 4.78 is 11.1. The Labute approximate surface area is 134 Å². The number of nitrogens with one attached hydrogen (secondary N) is 2. The quantitative estimate of drug-likeness (QED) is 0.877. The van der Waals surface area contributed by atoms with Gasteiger partial charge in [0.2, 0.25) is 0 Å². The number of carbonyl (C=O) groups is 1. The fraction of sp³-hybridized carbons (Fsp3) is 0.438. The molecular formula is C16H20N4O3. The van der Waals surface area contributed by atoms with E-state index < -0.39 is 0 Å². The van der Waals surface area contributed by atoms with Crippen LogP contribution in [0.4, 0.5) is 0 Å². The van der Waals surface area contributed by atoms with Gasteiger partial charge in [-0.25, -0.2) is 4.98 Å². The zero-order valence-electron chi connectivity index (χ0n) is 13.2. The van der Waals surface area contributed by atoms with Crippen LogP contribution in [0.1, 0.15) is 40.7 Å². The Morgan fingerprint density at radius 2 is 2.35 bits per heavy atom. The van der Waals surface area contributed by atoms with Crippen LogP contribution in [0.25, 0.3) is 0 Å². The first-order chi connectivity index (χ1) is 11.2. The molecule has 2 atom stereocenters. The predicted molar refractivity (Wildman–Crippen MR) is 83.3 cm³/mol. The molecule has 0 bridgehead atoms. The molecule has 1 aliphatic heterocycles. The second-order valence-corrected chi connectivity index (χ2v) is 5.54. The van der Waals surface area contributed by atoms with Gasteiger partial charge in [0.05, 0.1) is 13.2 Å². The summed E-state index contributed by atoms with van der Waals surface area (Å²) in [5.74, 6) is 1.33. The molecule has 0 aliphatic carbocycles. The summed E-state index contributed by atoms with van der Waals surface area (Å²) in [7, 11) is 1.60. The van der Waals surface area contributed by atoms with Crippen molar-refractivity contribution in [3.63, 3.8) is 0 Å². The minimum Gasteiger partial charge on any atom is -0.496 e. The number of benzene rings is 1. The van der Waals surface area contributed by atoms with E-state index in [1.807, 2.05) is 19.1 Å². The number of hydrogen-bond acceptors (Lipinski definition) is 5. The first-order valence-corrected chi connectivity index (χ1v) is 7.61. The lowest BCUT2D eigenvalue weighted by atomic mass is 10.1. The first-order valence-electron chi connectivity index (χ1n) is 7.61. The van der Waals surface area contributed by atoms with E-state index in [4.69, 9.17) is 9.47 Å². The fourth-order valence-electron chi connectivity index (χ4n) is 2.81. The summed E-state index contributed by atoms with van der Waals surface area (Å²) in [5, 5.41) is 9.59. The summed E-state index contributed by atoms with van der Waals surface area (Å²) in [6, 6.07) is 5.45. The summed E-state index contributed by atoms with van der Waals surface area (Å²) in [4.78, 5) is 16.5. The van der Waals surface area contributed by atoms with Crippen LogP contribution in [-0.2, 0) is 4.74 Å². The molecular weight excluding hydrogens is 296 g/mol. The summed E-state index contributed by atoms with van der Waals surface area (Å²) >= 11 is 0. The Balaban J connectivity index is 1.56. The Kier molecular flexibility index (Phi) is 4.57. The molecule has 1 aromatic carbocycles. The average Bonchev–Trinajstić information content (AvgIpc) is 3.24. The molecule has 2 heterocycles. The second-order valence-electron chi connectivity index (χ2n) is 5.54. The summed E-state index contributed by atoms with van der Waals surface area (Å²) in [6.45, 7) is 2.35. The molecule has 2 N–H and O–H groups in total. The third-order valence-electron chi connectivity index (χ3n) is 4.09. The Morgan fingerprint density at radius 1 is 1.48 bits per heavy atom. The topological polar surface area (TPSA) is 89.1 Å². The van der Waals surface area contributed by atoms with Crippen molar-refractivity contribution in [3.05, 3.63) is 41.5 Å². The standard InChI is InChI=1S/C16H20N4O3/c1-10-12(4-3-5-13(10)22-2)16(21)17-8-11-6-7-14(23-11)15-18-9-19-20-15/h3-5,9,11,14H,6-8H2,1-2H3,(H,17,21)(H,18,19,20)/t11-,14+/m1/s1. The van der Waals surface area contributed by atoms with Crippen LogP contribution >= 0.6 is 0 Å². The van der Waals surface area contributed by atoms with Gasteiger partial charge in [-0.05, 0) is 31.9 Å². The third-order valence-corrected chi connectivity index (χ3v) is 4.09. The van der Waals surface area contributed by atoms with Crippen molar-refractivity contribution < 1.29 is 14.3 Å². The van der Waals surface area contributed by atoms with E-state index in [2.05, 4.69) is 20.5 Å². The van der Waals surface area contributed by atoms with Crippen LogP contribution in [0.15, 0.2) is 24.5 Å². The highest BCUT2D eigenvalue weighted by Crippen LogP contribution is 2.30. The zero-order chi connectivity index (χ0) is 16.2. The molecule has 23 heavy (non-hydrogen) atoms. The van der Waals surface area contributed by atoms with Crippen molar-refractivity contribution in [2.24, 2.45) is 0 Å². The van der Waals surface area contributed by atoms with Gasteiger partial charge >= 0.3 is 0 Å². The molecule has 1 aliphatic rings. The molecule has 2 aromatic rings. The monoisotopic (exact) mass is 316 g/mol. The van der Waals surface area contributed by atoms with E-state index in [1.165, 1.54) is 6.33 Å². The second kappa shape index (κ2) is 6.78. The lowest BCUT2D eigenvalue weighted by Gasteiger charge is -2.14. The molecule has 122 valence electrons. The Morgan fingerprint density at radius 3 is 3.09 bits per heavy atom. The van der Waals surface area contributed by atoms with Crippen LogP contribution in [0, 0.1) is 6.92 Å². The van der Waals surface area contributed by atoms with Gasteiger partial charge in [0.25, 0.3) is 5.91 Å². The molecule has 1 saturated heterocycles. The average molecular weight is 316 g/mol. The van der Waals surface area contributed by atoms with Crippen molar-refractivity contribution in [3.8, 4) is 5.75 Å². The highest BCUT2D eigenvalue weighted by Gasteiger charge is 2.28. The number of amides is 1. The zero-order valence-corrected chi connectivity index (χ0v) is 13.2. The van der Waals surface area contributed by atoms with Gasteiger partial charge in [0, 0.05) is 17.7 Å². The smallest absolute Gasteiger partial charge is 0.251 e. The van der Waals surface area contributed by atoms with Crippen LogP contribution in [0.5, 0.6) is 5.75 Å². The van der Waals surface area contributed by atoms with Crippen LogP contribution in [0.3, 0.4) is 0 Å². The number of methoxy groups -OCH3 is 1. The molecule has 1 aromatic heterocycles. The van der Waals surface area contributed by atoms with Gasteiger partial charge in [-0.15, -0.1) is 0 Å². The van der Waals surface area contributed by atoms with E-state index in [0.717, 1.165) is 24.2 Å². The molecule has 1 amide bonds. The maximum atomic E-state index is 12.3. The SMILES string of the molecule is COc1cccc(C(=O)NC[C@H]2CC[C@@H](c3ncn[nH]3)O2)c1C. The summed E-state index contributed by atoms with van der Waals surface area (Å²) in [6.07, 6.45) is 3.13. The minimum atomic E-state index is -0.117. The molecule has 0 unspecified atom stereocenters. The first kappa shape index (κ1) is 15.5. The number of carbonyl (C=O) groups excluding carboxylic acids is 1. The van der Waals surface area contributed by atoms with Gasteiger partial charge in [-0.1, -0.05) is 6.07 Å². The molecule has 0 saturated carbocycles. The van der Waals surface area contributed by atoms with E-state index >= 15 is 0 Å². The molecule has 1 fully saturated rings. The van der Waals surface area contributed by atoms with E-state index in [1.54, 1.807) is 13.2 Å².